The first-order chi connectivity index (χ1) is 27.0. The first-order valence-corrected chi connectivity index (χ1v) is 23.5. The van der Waals surface area contributed by atoms with Gasteiger partial charge in [0.2, 0.25) is 0 Å². The Kier molecular flexibility index (Phi) is 7.93. The molecule has 8 aromatic carbocycles. The normalized spacial score (nSPS) is 12.0. The molecule has 0 bridgehead atoms. The van der Waals surface area contributed by atoms with Crippen LogP contribution in [0.3, 0.4) is 0 Å². The van der Waals surface area contributed by atoms with Gasteiger partial charge in [-0.15, -0.1) is 0 Å². The third-order valence-electron chi connectivity index (χ3n) is 12.0. The van der Waals surface area contributed by atoms with E-state index in [-0.39, 0.29) is 0 Å². The summed E-state index contributed by atoms with van der Waals surface area (Å²) in [4.78, 5) is 0. The van der Waals surface area contributed by atoms with E-state index in [2.05, 4.69) is 219 Å². The average Bonchev–Trinajstić information content (AvgIpc) is 3.73. The Labute approximate surface area is 325 Å². The predicted octanol–water partition coefficient (Wildman–Crippen LogP) is 10.5. The molecule has 0 N–H and O–H groups in total. The van der Waals surface area contributed by atoms with Gasteiger partial charge in [-0.2, -0.15) is 0 Å². The van der Waals surface area contributed by atoms with Crippen LogP contribution in [-0.2, 0) is 0 Å². The number of para-hydroxylation sites is 3. The summed E-state index contributed by atoms with van der Waals surface area (Å²) < 4.78 is 10.9. The second-order valence-electron chi connectivity index (χ2n) is 15.1. The standard InChI is InChI=1S/C52H42GeN2/c1-35-17-5-11-23-45(35)53(46-24-12-6-18-36(46)2,47-25-13-7-19-37(47)3)48-34-40(30-29-38(48)4)55-51-28-16-10-22-43(51)44-33-39(31-32-52(44)55)54-49-26-14-8-20-41(49)42-21-9-15-27-50(42)54/h5-34H,1-4H3. The zero-order chi connectivity index (χ0) is 37.3. The molecule has 10 aromatic rings. The van der Waals surface area contributed by atoms with Crippen LogP contribution in [0.1, 0.15) is 22.3 Å². The van der Waals surface area contributed by atoms with E-state index in [9.17, 15) is 0 Å². The molecule has 0 saturated heterocycles. The van der Waals surface area contributed by atoms with Crippen molar-refractivity contribution in [3.63, 3.8) is 0 Å². The van der Waals surface area contributed by atoms with E-state index >= 15 is 0 Å². The van der Waals surface area contributed by atoms with Crippen LogP contribution in [0, 0.1) is 27.7 Å². The molecule has 2 aromatic heterocycles. The summed E-state index contributed by atoms with van der Waals surface area (Å²) in [6, 6.07) is 68.3. The van der Waals surface area contributed by atoms with Gasteiger partial charge in [-0.3, -0.25) is 0 Å². The fourth-order valence-corrected chi connectivity index (χ4v) is 21.8. The minimum absolute atomic E-state index is 1.17. The fraction of sp³-hybridized carbons (Fsp3) is 0.0769. The molecular formula is C52H42GeN2. The van der Waals surface area contributed by atoms with Crippen LogP contribution in [0.15, 0.2) is 182 Å². The van der Waals surface area contributed by atoms with Gasteiger partial charge < -0.3 is 0 Å². The molecule has 2 heterocycles. The number of aryl methyl sites for hydroxylation is 4. The number of aromatic nitrogens is 2. The average molecular weight is 768 g/mol. The van der Waals surface area contributed by atoms with E-state index in [1.54, 1.807) is 0 Å². The number of fused-ring (bicyclic) bond motifs is 6. The first kappa shape index (κ1) is 33.5. The summed E-state index contributed by atoms with van der Waals surface area (Å²) in [5.74, 6) is 0. The molecule has 0 aliphatic rings. The van der Waals surface area contributed by atoms with Crippen molar-refractivity contribution < 1.29 is 0 Å². The zero-order valence-corrected chi connectivity index (χ0v) is 33.8. The zero-order valence-electron chi connectivity index (χ0n) is 31.7. The van der Waals surface area contributed by atoms with Gasteiger partial charge >= 0.3 is 315 Å². The Morgan fingerprint density at radius 2 is 0.636 bits per heavy atom. The second-order valence-corrected chi connectivity index (χ2v) is 22.8. The Hall–Kier alpha value is -6.10. The summed E-state index contributed by atoms with van der Waals surface area (Å²) in [7, 11) is 0. The monoisotopic (exact) mass is 768 g/mol. The number of hydrogen-bond donors (Lipinski definition) is 0. The summed E-state index contributed by atoms with van der Waals surface area (Å²) in [6.07, 6.45) is 0. The Balaban J connectivity index is 1.28. The molecule has 0 radical (unpaired) electrons. The summed E-state index contributed by atoms with van der Waals surface area (Å²) in [6.45, 7) is 9.27. The van der Waals surface area contributed by atoms with Crippen molar-refractivity contribution in [2.45, 2.75) is 27.7 Å². The van der Waals surface area contributed by atoms with Crippen LogP contribution < -0.4 is 17.6 Å². The van der Waals surface area contributed by atoms with Crippen molar-refractivity contribution in [3.8, 4) is 11.4 Å². The van der Waals surface area contributed by atoms with E-state index in [1.165, 1.54) is 94.8 Å². The Bertz CT molecular complexity index is 2940. The molecule has 0 amide bonds. The van der Waals surface area contributed by atoms with Crippen LogP contribution >= 0.6 is 0 Å². The molecule has 55 heavy (non-hydrogen) atoms. The van der Waals surface area contributed by atoms with Gasteiger partial charge in [-0.05, 0) is 0 Å². The van der Waals surface area contributed by atoms with E-state index in [4.69, 9.17) is 0 Å². The van der Waals surface area contributed by atoms with Crippen LogP contribution in [0.2, 0.25) is 0 Å². The minimum atomic E-state index is -3.68. The fourth-order valence-electron chi connectivity index (χ4n) is 9.58. The quantitative estimate of drug-likeness (QED) is 0.149. The van der Waals surface area contributed by atoms with Crippen molar-refractivity contribution in [2.75, 3.05) is 0 Å². The maximum atomic E-state index is 2.56. The molecule has 0 spiro atoms. The van der Waals surface area contributed by atoms with Crippen molar-refractivity contribution in [3.05, 3.63) is 204 Å². The maximum absolute atomic E-state index is 3.68. The van der Waals surface area contributed by atoms with Crippen molar-refractivity contribution in [1.82, 2.24) is 9.13 Å². The van der Waals surface area contributed by atoms with Gasteiger partial charge in [0.1, 0.15) is 0 Å². The number of nitrogens with zero attached hydrogens (tertiary/aromatic N) is 2. The molecule has 0 aliphatic carbocycles. The SMILES string of the molecule is Cc1cccc[c]1[Ge]([c]1ccccc1C)([c]1ccccc1C)[c]1cc(-n2c3ccccc3c3cc(-n4c5ccccc5c5ccccc54)ccc32)ccc1C. The van der Waals surface area contributed by atoms with Crippen LogP contribution in [0.4, 0.5) is 0 Å². The molecule has 3 heteroatoms. The van der Waals surface area contributed by atoms with Crippen molar-refractivity contribution in [2.24, 2.45) is 0 Å². The Morgan fingerprint density at radius 1 is 0.291 bits per heavy atom. The van der Waals surface area contributed by atoms with E-state index < -0.39 is 13.3 Å². The molecule has 0 atom stereocenters. The molecule has 0 fully saturated rings. The Morgan fingerprint density at radius 3 is 1.11 bits per heavy atom. The number of hydrogen-bond acceptors (Lipinski definition) is 0. The van der Waals surface area contributed by atoms with Crippen LogP contribution in [0.25, 0.3) is 55.0 Å². The molecule has 0 aliphatic heterocycles. The summed E-state index contributed by atoms with van der Waals surface area (Å²) >= 11 is -3.68. The van der Waals surface area contributed by atoms with Gasteiger partial charge in [0.15, 0.2) is 0 Å². The first-order valence-electron chi connectivity index (χ1n) is 19.3. The van der Waals surface area contributed by atoms with Crippen LogP contribution in [0.5, 0.6) is 0 Å². The molecule has 2 nitrogen and oxygen atoms in total. The van der Waals surface area contributed by atoms with Gasteiger partial charge in [0.05, 0.1) is 0 Å². The molecular weight excluding hydrogens is 725 g/mol. The van der Waals surface area contributed by atoms with Gasteiger partial charge in [-0.1, -0.05) is 12.1 Å². The van der Waals surface area contributed by atoms with Crippen molar-refractivity contribution in [1.29, 1.82) is 0 Å². The van der Waals surface area contributed by atoms with Gasteiger partial charge in [0, 0.05) is 0 Å². The van der Waals surface area contributed by atoms with Gasteiger partial charge in [-0.25, -0.2) is 0 Å². The third-order valence-corrected chi connectivity index (χ3v) is 23.5. The topological polar surface area (TPSA) is 9.86 Å². The summed E-state index contributed by atoms with van der Waals surface area (Å²) in [5.41, 5.74) is 12.6. The predicted molar refractivity (Wildman–Crippen MR) is 238 cm³/mol. The van der Waals surface area contributed by atoms with Gasteiger partial charge in [0.25, 0.3) is 0 Å². The van der Waals surface area contributed by atoms with E-state index in [0.29, 0.717) is 0 Å². The molecule has 10 rings (SSSR count). The van der Waals surface area contributed by atoms with E-state index in [1.807, 2.05) is 0 Å². The molecule has 0 unspecified atom stereocenters. The number of rotatable bonds is 6. The molecule has 264 valence electrons. The third kappa shape index (κ3) is 5.01. The second kappa shape index (κ2) is 13.0. The van der Waals surface area contributed by atoms with Crippen molar-refractivity contribution >= 4 is 74.5 Å². The molecule has 0 saturated carbocycles. The van der Waals surface area contributed by atoms with E-state index in [0.717, 1.165) is 0 Å². The van der Waals surface area contributed by atoms with Crippen LogP contribution in [-0.4, -0.2) is 22.4 Å². The number of benzene rings is 8. The summed E-state index contributed by atoms with van der Waals surface area (Å²) in [5, 5.41) is 5.06.